The van der Waals surface area contributed by atoms with Crippen molar-refractivity contribution in [3.05, 3.63) is 34.9 Å². The number of nitriles is 1. The van der Waals surface area contributed by atoms with Crippen molar-refractivity contribution in [2.75, 3.05) is 0 Å². The summed E-state index contributed by atoms with van der Waals surface area (Å²) < 4.78 is 27.2. The average Bonchev–Trinajstić information content (AvgIpc) is 2.34. The van der Waals surface area contributed by atoms with E-state index in [2.05, 4.69) is 5.32 Å². The molecule has 0 saturated heterocycles. The fraction of sp³-hybridized carbons (Fsp3) is 0.385. The van der Waals surface area contributed by atoms with Crippen LogP contribution in [0.15, 0.2) is 12.1 Å². The van der Waals surface area contributed by atoms with Gasteiger partial charge in [0.25, 0.3) is 5.91 Å². The van der Waals surface area contributed by atoms with Gasteiger partial charge in [-0.25, -0.2) is 8.78 Å². The third-order valence-corrected chi connectivity index (χ3v) is 2.85. The van der Waals surface area contributed by atoms with Crippen LogP contribution in [0.25, 0.3) is 0 Å². The number of rotatable bonds is 3. The maximum Gasteiger partial charge on any atom is 0.258 e. The number of nitrogens with one attached hydrogen (secondary N) is 1. The number of amides is 1. The lowest BCUT2D eigenvalue weighted by molar-refractivity contribution is 0.0914. The molecule has 1 N–H and O–H groups in total. The number of nitrogens with zero attached hydrogens (tertiary/aromatic N) is 1. The summed E-state index contributed by atoms with van der Waals surface area (Å²) in [6.07, 6.45) is 0.338. The first kappa shape index (κ1) is 14.1. The smallest absolute Gasteiger partial charge is 0.258 e. The van der Waals surface area contributed by atoms with Crippen molar-refractivity contribution < 1.29 is 13.6 Å². The Morgan fingerprint density at radius 2 is 2.11 bits per heavy atom. The van der Waals surface area contributed by atoms with Crippen LogP contribution in [-0.4, -0.2) is 11.4 Å². The Labute approximate surface area is 104 Å². The first-order valence-corrected chi connectivity index (χ1v) is 5.53. The highest BCUT2D eigenvalue weighted by molar-refractivity contribution is 5.95. The summed E-state index contributed by atoms with van der Waals surface area (Å²) in [6, 6.07) is 4.19. The Morgan fingerprint density at radius 3 is 2.61 bits per heavy atom. The number of hydrogen-bond donors (Lipinski definition) is 1. The molecule has 0 aliphatic carbocycles. The average molecular weight is 252 g/mol. The Kier molecular flexibility index (Phi) is 4.02. The van der Waals surface area contributed by atoms with E-state index in [0.29, 0.717) is 6.42 Å². The van der Waals surface area contributed by atoms with Gasteiger partial charge in [0, 0.05) is 0 Å². The number of carbonyl (C=O) groups excluding carboxylic acids is 1. The van der Waals surface area contributed by atoms with Crippen molar-refractivity contribution in [2.45, 2.75) is 32.7 Å². The van der Waals surface area contributed by atoms with E-state index in [0.717, 1.165) is 6.07 Å². The molecule has 1 aromatic carbocycles. The van der Waals surface area contributed by atoms with Crippen LogP contribution in [0, 0.1) is 29.9 Å². The summed E-state index contributed by atoms with van der Waals surface area (Å²) in [5.41, 5.74) is -1.61. The molecule has 3 nitrogen and oxygen atoms in total. The molecule has 0 bridgehead atoms. The maximum absolute atomic E-state index is 13.7. The summed E-state index contributed by atoms with van der Waals surface area (Å²) in [4.78, 5) is 11.8. The van der Waals surface area contributed by atoms with Gasteiger partial charge in [0.05, 0.1) is 6.07 Å². The zero-order valence-corrected chi connectivity index (χ0v) is 10.5. The summed E-state index contributed by atoms with van der Waals surface area (Å²) in [6.45, 7) is 4.64. The summed E-state index contributed by atoms with van der Waals surface area (Å²) >= 11 is 0. The van der Waals surface area contributed by atoms with E-state index in [1.807, 2.05) is 6.07 Å². The number of halogens is 2. The lowest BCUT2D eigenvalue weighted by Gasteiger charge is -2.21. The quantitative estimate of drug-likeness (QED) is 0.899. The highest BCUT2D eigenvalue weighted by atomic mass is 19.1. The Balaban J connectivity index is 3.14. The van der Waals surface area contributed by atoms with E-state index < -0.39 is 28.6 Å². The topological polar surface area (TPSA) is 52.9 Å². The van der Waals surface area contributed by atoms with E-state index in [9.17, 15) is 13.6 Å². The van der Waals surface area contributed by atoms with Gasteiger partial charge in [-0.05, 0) is 31.9 Å². The van der Waals surface area contributed by atoms with E-state index in [1.54, 1.807) is 6.92 Å². The minimum Gasteiger partial charge on any atom is -0.334 e. The standard InChI is InChI=1S/C13H14F2N2O/c1-4-13(3,7-16)17-12(18)10-9(14)6-5-8(2)11(10)15/h5-6H,4H2,1-3H3,(H,17,18). The van der Waals surface area contributed by atoms with Crippen LogP contribution >= 0.6 is 0 Å². The van der Waals surface area contributed by atoms with Crippen molar-refractivity contribution in [1.29, 1.82) is 5.26 Å². The summed E-state index contributed by atoms with van der Waals surface area (Å²) in [5, 5.41) is 11.3. The Hall–Kier alpha value is -1.96. The first-order chi connectivity index (χ1) is 8.34. The molecule has 0 heterocycles. The monoisotopic (exact) mass is 252 g/mol. The second-order valence-corrected chi connectivity index (χ2v) is 4.30. The van der Waals surface area contributed by atoms with Gasteiger partial charge in [-0.1, -0.05) is 13.0 Å². The number of aryl methyl sites for hydroxylation is 1. The van der Waals surface area contributed by atoms with Gasteiger partial charge in [-0.2, -0.15) is 5.26 Å². The van der Waals surface area contributed by atoms with E-state index in [1.165, 1.54) is 19.9 Å². The highest BCUT2D eigenvalue weighted by Crippen LogP contribution is 2.18. The molecule has 1 rings (SSSR count). The zero-order chi connectivity index (χ0) is 13.9. The lowest BCUT2D eigenvalue weighted by atomic mass is 10.00. The largest absolute Gasteiger partial charge is 0.334 e. The maximum atomic E-state index is 13.7. The van der Waals surface area contributed by atoms with Crippen molar-refractivity contribution in [2.24, 2.45) is 0 Å². The van der Waals surface area contributed by atoms with Gasteiger partial charge in [-0.3, -0.25) is 4.79 Å². The highest BCUT2D eigenvalue weighted by Gasteiger charge is 2.27. The Morgan fingerprint density at radius 1 is 1.50 bits per heavy atom. The molecule has 5 heteroatoms. The van der Waals surface area contributed by atoms with Gasteiger partial charge >= 0.3 is 0 Å². The number of benzene rings is 1. The van der Waals surface area contributed by atoms with Gasteiger partial charge < -0.3 is 5.32 Å². The third kappa shape index (κ3) is 2.65. The lowest BCUT2D eigenvalue weighted by Crippen LogP contribution is -2.44. The summed E-state index contributed by atoms with van der Waals surface area (Å²) in [7, 11) is 0. The fourth-order valence-corrected chi connectivity index (χ4v) is 1.37. The van der Waals surface area contributed by atoms with Crippen LogP contribution in [0.1, 0.15) is 36.2 Å². The molecule has 1 aromatic rings. The van der Waals surface area contributed by atoms with Crippen LogP contribution in [0.4, 0.5) is 8.78 Å². The van der Waals surface area contributed by atoms with Crippen molar-refractivity contribution in [1.82, 2.24) is 5.32 Å². The molecule has 0 aliphatic heterocycles. The summed E-state index contributed by atoms with van der Waals surface area (Å²) in [5.74, 6) is -2.75. The normalized spacial score (nSPS) is 13.6. The molecule has 0 spiro atoms. The van der Waals surface area contributed by atoms with Crippen LogP contribution < -0.4 is 5.32 Å². The number of hydrogen-bond acceptors (Lipinski definition) is 2. The molecule has 18 heavy (non-hydrogen) atoms. The van der Waals surface area contributed by atoms with Crippen LogP contribution in [-0.2, 0) is 0 Å². The van der Waals surface area contributed by atoms with E-state index >= 15 is 0 Å². The second-order valence-electron chi connectivity index (χ2n) is 4.30. The number of carbonyl (C=O) groups is 1. The van der Waals surface area contributed by atoms with Gasteiger partial charge in [-0.15, -0.1) is 0 Å². The van der Waals surface area contributed by atoms with Crippen LogP contribution in [0.2, 0.25) is 0 Å². The predicted molar refractivity (Wildman–Crippen MR) is 62.9 cm³/mol. The third-order valence-electron chi connectivity index (χ3n) is 2.85. The molecule has 0 radical (unpaired) electrons. The molecule has 1 amide bonds. The van der Waals surface area contributed by atoms with Gasteiger partial charge in [0.15, 0.2) is 0 Å². The Bertz CT molecular complexity index is 522. The second kappa shape index (κ2) is 5.13. The van der Waals surface area contributed by atoms with Crippen molar-refractivity contribution >= 4 is 5.91 Å². The SMILES string of the molecule is CCC(C)(C#N)NC(=O)c1c(F)ccc(C)c1F. The van der Waals surface area contributed by atoms with Crippen LogP contribution in [0.3, 0.4) is 0 Å². The van der Waals surface area contributed by atoms with Crippen LogP contribution in [0.5, 0.6) is 0 Å². The molecule has 0 aromatic heterocycles. The molecule has 0 saturated carbocycles. The van der Waals surface area contributed by atoms with Gasteiger partial charge in [0.2, 0.25) is 0 Å². The molecule has 0 fully saturated rings. The molecular weight excluding hydrogens is 238 g/mol. The van der Waals surface area contributed by atoms with Gasteiger partial charge in [0.1, 0.15) is 22.7 Å². The first-order valence-electron chi connectivity index (χ1n) is 5.53. The van der Waals surface area contributed by atoms with E-state index in [-0.39, 0.29) is 5.56 Å². The predicted octanol–water partition coefficient (Wildman–Crippen LogP) is 2.70. The minimum absolute atomic E-state index is 0.178. The van der Waals surface area contributed by atoms with Crippen molar-refractivity contribution in [3.63, 3.8) is 0 Å². The molecule has 1 atom stereocenters. The van der Waals surface area contributed by atoms with E-state index in [4.69, 9.17) is 5.26 Å². The molecule has 1 unspecified atom stereocenters. The van der Waals surface area contributed by atoms with Crippen molar-refractivity contribution in [3.8, 4) is 6.07 Å². The fourth-order valence-electron chi connectivity index (χ4n) is 1.37. The molecular formula is C13H14F2N2O. The molecule has 96 valence electrons. The molecule has 0 aliphatic rings. The minimum atomic E-state index is -1.14. The zero-order valence-electron chi connectivity index (χ0n) is 10.5.